The molecule has 2 rings (SSSR count). The van der Waals surface area contributed by atoms with Crippen LogP contribution in [0.5, 0.6) is 0 Å². The van der Waals surface area contributed by atoms with E-state index in [9.17, 15) is 8.42 Å². The van der Waals surface area contributed by atoms with Crippen molar-refractivity contribution in [3.05, 3.63) is 24.3 Å². The van der Waals surface area contributed by atoms with Gasteiger partial charge < -0.3 is 5.73 Å². The van der Waals surface area contributed by atoms with Gasteiger partial charge in [-0.1, -0.05) is 19.3 Å². The Morgan fingerprint density at radius 2 is 1.39 bits per heavy atom. The molecule has 1 aliphatic rings. The fourth-order valence-electron chi connectivity index (χ4n) is 2.25. The van der Waals surface area contributed by atoms with E-state index in [0.717, 1.165) is 25.7 Å². The fourth-order valence-corrected chi connectivity index (χ4v) is 3.76. The van der Waals surface area contributed by atoms with E-state index >= 15 is 0 Å². The fraction of sp³-hybridized carbons (Fsp3) is 0.538. The normalized spacial score (nSPS) is 19.1. The van der Waals surface area contributed by atoms with Crippen LogP contribution in [0.3, 0.4) is 0 Å². The first-order chi connectivity index (χ1) is 8.60. The Bertz CT molecular complexity index is 474. The molecule has 0 spiro atoms. The van der Waals surface area contributed by atoms with E-state index in [1.54, 1.807) is 28.6 Å². The van der Waals surface area contributed by atoms with Crippen molar-refractivity contribution in [3.8, 4) is 0 Å². The van der Waals surface area contributed by atoms with Crippen LogP contribution in [0.15, 0.2) is 29.2 Å². The van der Waals surface area contributed by atoms with Crippen molar-refractivity contribution in [1.82, 2.24) is 4.31 Å². The molecule has 0 saturated carbocycles. The van der Waals surface area contributed by atoms with Gasteiger partial charge in [-0.2, -0.15) is 4.31 Å². The smallest absolute Gasteiger partial charge is 0.243 e. The van der Waals surface area contributed by atoms with Crippen LogP contribution in [0.1, 0.15) is 32.1 Å². The maximum Gasteiger partial charge on any atom is 0.243 e. The quantitative estimate of drug-likeness (QED) is 0.837. The van der Waals surface area contributed by atoms with Crippen LogP contribution in [-0.2, 0) is 10.0 Å². The van der Waals surface area contributed by atoms with Gasteiger partial charge in [0, 0.05) is 18.8 Å². The molecule has 1 heterocycles. The zero-order valence-corrected chi connectivity index (χ0v) is 11.3. The van der Waals surface area contributed by atoms with E-state index in [-0.39, 0.29) is 0 Å². The second-order valence-corrected chi connectivity index (χ2v) is 6.68. The minimum Gasteiger partial charge on any atom is -0.399 e. The van der Waals surface area contributed by atoms with Gasteiger partial charge in [0.05, 0.1) is 4.90 Å². The lowest BCUT2D eigenvalue weighted by molar-refractivity contribution is 0.364. The number of benzene rings is 1. The van der Waals surface area contributed by atoms with Crippen LogP contribution >= 0.6 is 0 Å². The molecule has 5 heteroatoms. The van der Waals surface area contributed by atoms with Crippen molar-refractivity contribution < 1.29 is 8.42 Å². The minimum absolute atomic E-state index is 0.345. The molecule has 1 aromatic carbocycles. The van der Waals surface area contributed by atoms with Gasteiger partial charge in [0.15, 0.2) is 0 Å². The average molecular weight is 268 g/mol. The molecule has 0 aromatic heterocycles. The Morgan fingerprint density at radius 3 is 1.94 bits per heavy atom. The van der Waals surface area contributed by atoms with E-state index < -0.39 is 10.0 Å². The summed E-state index contributed by atoms with van der Waals surface area (Å²) in [6.45, 7) is 1.26. The van der Waals surface area contributed by atoms with Crippen LogP contribution in [0.2, 0.25) is 0 Å². The number of nitrogen functional groups attached to an aromatic ring is 1. The number of hydrogen-bond donors (Lipinski definition) is 1. The maximum atomic E-state index is 12.4. The van der Waals surface area contributed by atoms with Crippen LogP contribution in [-0.4, -0.2) is 25.8 Å². The van der Waals surface area contributed by atoms with Gasteiger partial charge in [0.25, 0.3) is 0 Å². The van der Waals surface area contributed by atoms with Gasteiger partial charge in [-0.3, -0.25) is 0 Å². The first-order valence-corrected chi connectivity index (χ1v) is 7.90. The van der Waals surface area contributed by atoms with E-state index in [0.29, 0.717) is 23.7 Å². The lowest BCUT2D eigenvalue weighted by Gasteiger charge is -2.24. The van der Waals surface area contributed by atoms with Crippen LogP contribution in [0.25, 0.3) is 0 Å². The number of anilines is 1. The third-order valence-electron chi connectivity index (χ3n) is 3.33. The largest absolute Gasteiger partial charge is 0.399 e. The summed E-state index contributed by atoms with van der Waals surface area (Å²) in [5, 5.41) is 0. The third-order valence-corrected chi connectivity index (χ3v) is 5.25. The topological polar surface area (TPSA) is 63.4 Å². The number of hydrogen-bond acceptors (Lipinski definition) is 3. The van der Waals surface area contributed by atoms with Crippen molar-refractivity contribution in [1.29, 1.82) is 0 Å². The highest BCUT2D eigenvalue weighted by atomic mass is 32.2. The highest BCUT2D eigenvalue weighted by Crippen LogP contribution is 2.20. The van der Waals surface area contributed by atoms with Gasteiger partial charge >= 0.3 is 0 Å². The van der Waals surface area contributed by atoms with Gasteiger partial charge in [0.2, 0.25) is 10.0 Å². The van der Waals surface area contributed by atoms with E-state index in [1.165, 1.54) is 6.42 Å². The van der Waals surface area contributed by atoms with E-state index in [1.807, 2.05) is 0 Å². The predicted octanol–water partition coefficient (Wildman–Crippen LogP) is 2.22. The second-order valence-electron chi connectivity index (χ2n) is 4.74. The molecule has 1 saturated heterocycles. The zero-order valence-electron chi connectivity index (χ0n) is 10.5. The Hall–Kier alpha value is -1.07. The van der Waals surface area contributed by atoms with Gasteiger partial charge in [-0.05, 0) is 37.1 Å². The molecule has 100 valence electrons. The molecule has 0 radical (unpaired) electrons. The Balaban J connectivity index is 2.20. The summed E-state index contributed by atoms with van der Waals surface area (Å²) in [5.74, 6) is 0. The van der Waals surface area contributed by atoms with Gasteiger partial charge in [0.1, 0.15) is 0 Å². The van der Waals surface area contributed by atoms with Crippen molar-refractivity contribution in [2.75, 3.05) is 18.8 Å². The molecule has 0 amide bonds. The van der Waals surface area contributed by atoms with E-state index in [2.05, 4.69) is 0 Å². The van der Waals surface area contributed by atoms with Crippen LogP contribution in [0.4, 0.5) is 5.69 Å². The monoisotopic (exact) mass is 268 g/mol. The van der Waals surface area contributed by atoms with Gasteiger partial charge in [-0.15, -0.1) is 0 Å². The van der Waals surface area contributed by atoms with Crippen molar-refractivity contribution >= 4 is 15.7 Å². The SMILES string of the molecule is Nc1ccc(S(=O)(=O)N2CCCCCCC2)cc1. The molecule has 1 fully saturated rings. The minimum atomic E-state index is -3.34. The first-order valence-electron chi connectivity index (χ1n) is 6.46. The summed E-state index contributed by atoms with van der Waals surface area (Å²) >= 11 is 0. The van der Waals surface area contributed by atoms with Crippen LogP contribution < -0.4 is 5.73 Å². The lowest BCUT2D eigenvalue weighted by Crippen LogP contribution is -2.33. The summed E-state index contributed by atoms with van der Waals surface area (Å²) in [4.78, 5) is 0.345. The summed E-state index contributed by atoms with van der Waals surface area (Å²) in [7, 11) is -3.34. The van der Waals surface area contributed by atoms with E-state index in [4.69, 9.17) is 5.73 Å². The highest BCUT2D eigenvalue weighted by Gasteiger charge is 2.24. The Labute approximate surface area is 109 Å². The van der Waals surface area contributed by atoms with Crippen molar-refractivity contribution in [2.45, 2.75) is 37.0 Å². The molecule has 2 N–H and O–H groups in total. The Kier molecular flexibility index (Phi) is 4.24. The lowest BCUT2D eigenvalue weighted by atomic mass is 10.1. The molecule has 1 aliphatic heterocycles. The standard InChI is InChI=1S/C13H20N2O2S/c14-12-6-8-13(9-7-12)18(16,17)15-10-4-2-1-3-5-11-15/h6-9H,1-5,10-11,14H2. The molecule has 4 nitrogen and oxygen atoms in total. The molecule has 1 aromatic rings. The number of nitrogens with two attached hydrogens (primary N) is 1. The third kappa shape index (κ3) is 3.03. The number of nitrogens with zero attached hydrogens (tertiary/aromatic N) is 1. The molecule has 0 aliphatic carbocycles. The Morgan fingerprint density at radius 1 is 0.889 bits per heavy atom. The first kappa shape index (κ1) is 13.4. The van der Waals surface area contributed by atoms with Crippen molar-refractivity contribution in [3.63, 3.8) is 0 Å². The molecular formula is C13H20N2O2S. The zero-order chi connectivity index (χ0) is 13.0. The van der Waals surface area contributed by atoms with Crippen molar-refractivity contribution in [2.24, 2.45) is 0 Å². The highest BCUT2D eigenvalue weighted by molar-refractivity contribution is 7.89. The molecular weight excluding hydrogens is 248 g/mol. The molecule has 0 unspecified atom stereocenters. The summed E-state index contributed by atoms with van der Waals surface area (Å²) in [6.07, 6.45) is 5.36. The average Bonchev–Trinajstić information content (AvgIpc) is 2.28. The van der Waals surface area contributed by atoms with Crippen LogP contribution in [0, 0.1) is 0 Å². The summed E-state index contributed by atoms with van der Waals surface area (Å²) in [6, 6.07) is 6.45. The van der Waals surface area contributed by atoms with Gasteiger partial charge in [-0.25, -0.2) is 8.42 Å². The summed E-state index contributed by atoms with van der Waals surface area (Å²) in [5.41, 5.74) is 6.17. The predicted molar refractivity (Wildman–Crippen MR) is 72.7 cm³/mol. The number of rotatable bonds is 2. The maximum absolute atomic E-state index is 12.4. The molecule has 0 bridgehead atoms. The second kappa shape index (κ2) is 5.71. The molecule has 18 heavy (non-hydrogen) atoms. The number of sulfonamides is 1. The summed E-state index contributed by atoms with van der Waals surface area (Å²) < 4.78 is 26.5. The molecule has 0 atom stereocenters.